The zero-order chi connectivity index (χ0) is 16.0. The number of pyridine rings is 2. The van der Waals surface area contributed by atoms with Crippen molar-refractivity contribution in [3.63, 3.8) is 0 Å². The van der Waals surface area contributed by atoms with Gasteiger partial charge in [-0.15, -0.1) is 0 Å². The number of aromatic amines is 1. The molecule has 1 N–H and O–H groups in total. The van der Waals surface area contributed by atoms with Gasteiger partial charge in [0.05, 0.1) is 23.1 Å². The number of nitrogens with one attached hydrogen (secondary N) is 1. The number of piperidine rings is 1. The molecule has 4 rings (SSSR count). The van der Waals surface area contributed by atoms with Crippen LogP contribution in [0.2, 0.25) is 0 Å². The minimum Gasteiger partial charge on any atom is -0.370 e. The molecule has 1 saturated carbocycles. The number of H-pyrrole nitrogens is 1. The van der Waals surface area contributed by atoms with Gasteiger partial charge in [0.25, 0.3) is 5.56 Å². The molecular formula is C18H18N4O. The van der Waals surface area contributed by atoms with E-state index in [1.165, 1.54) is 12.8 Å². The van der Waals surface area contributed by atoms with Gasteiger partial charge >= 0.3 is 0 Å². The molecule has 3 heterocycles. The number of hydrogen-bond acceptors (Lipinski definition) is 4. The van der Waals surface area contributed by atoms with Crippen molar-refractivity contribution in [2.24, 2.45) is 5.41 Å². The molecule has 1 saturated heterocycles. The summed E-state index contributed by atoms with van der Waals surface area (Å²) >= 11 is 0. The Morgan fingerprint density at radius 1 is 1.35 bits per heavy atom. The van der Waals surface area contributed by atoms with Crippen LogP contribution in [0, 0.1) is 16.7 Å². The molecule has 0 aromatic carbocycles. The fraction of sp³-hybridized carbons (Fsp3) is 0.389. The molecular weight excluding hydrogens is 288 g/mol. The van der Waals surface area contributed by atoms with E-state index in [9.17, 15) is 10.1 Å². The van der Waals surface area contributed by atoms with Crippen LogP contribution in [0.1, 0.15) is 36.9 Å². The molecule has 2 aromatic rings. The van der Waals surface area contributed by atoms with Crippen LogP contribution in [0.15, 0.2) is 23.6 Å². The Balaban J connectivity index is 1.89. The van der Waals surface area contributed by atoms with Gasteiger partial charge in [0.1, 0.15) is 11.6 Å². The average Bonchev–Trinajstić information content (AvgIpc) is 3.33. The highest BCUT2D eigenvalue weighted by atomic mass is 16.1. The summed E-state index contributed by atoms with van der Waals surface area (Å²) in [4.78, 5) is 21.5. The Labute approximate surface area is 134 Å². The van der Waals surface area contributed by atoms with E-state index in [0.717, 1.165) is 42.7 Å². The molecule has 2 aromatic heterocycles. The molecule has 116 valence electrons. The van der Waals surface area contributed by atoms with Gasteiger partial charge in [0.2, 0.25) is 0 Å². The second-order valence-electron chi connectivity index (χ2n) is 6.64. The predicted octanol–water partition coefficient (Wildman–Crippen LogP) is 2.82. The Hall–Kier alpha value is -2.61. The predicted molar refractivity (Wildman–Crippen MR) is 90.3 cm³/mol. The summed E-state index contributed by atoms with van der Waals surface area (Å²) in [5.41, 5.74) is 2.58. The van der Waals surface area contributed by atoms with E-state index in [4.69, 9.17) is 0 Å². The Morgan fingerprint density at radius 3 is 2.70 bits per heavy atom. The first-order valence-corrected chi connectivity index (χ1v) is 7.99. The summed E-state index contributed by atoms with van der Waals surface area (Å²) in [7, 11) is 0. The van der Waals surface area contributed by atoms with E-state index < -0.39 is 0 Å². The summed E-state index contributed by atoms with van der Waals surface area (Å²) in [6.07, 6.45) is 8.26. The molecule has 1 aliphatic heterocycles. The topological polar surface area (TPSA) is 72.8 Å². The summed E-state index contributed by atoms with van der Waals surface area (Å²) in [5.74, 6) is 0. The first kappa shape index (κ1) is 14.0. The van der Waals surface area contributed by atoms with Crippen molar-refractivity contribution in [3.8, 4) is 6.07 Å². The summed E-state index contributed by atoms with van der Waals surface area (Å²) in [5, 5.41) is 10.4. The van der Waals surface area contributed by atoms with E-state index in [1.54, 1.807) is 12.3 Å². The number of nitriles is 1. The van der Waals surface area contributed by atoms with Crippen molar-refractivity contribution >= 4 is 22.7 Å². The average molecular weight is 306 g/mol. The van der Waals surface area contributed by atoms with Gasteiger partial charge in [-0.2, -0.15) is 5.26 Å². The highest BCUT2D eigenvalue weighted by Crippen LogP contribution is 2.54. The van der Waals surface area contributed by atoms with Crippen LogP contribution in [0.4, 0.5) is 5.69 Å². The third-order valence-corrected chi connectivity index (χ3v) is 5.31. The van der Waals surface area contributed by atoms with E-state index in [-0.39, 0.29) is 11.1 Å². The number of fused-ring (bicyclic) bond motifs is 1. The number of aromatic nitrogens is 2. The summed E-state index contributed by atoms with van der Waals surface area (Å²) in [6.45, 7) is 5.56. The zero-order valence-electron chi connectivity index (χ0n) is 12.9. The Bertz CT molecular complexity index is 892. The van der Waals surface area contributed by atoms with Gasteiger partial charge in [0.15, 0.2) is 0 Å². The summed E-state index contributed by atoms with van der Waals surface area (Å²) < 4.78 is 0. The van der Waals surface area contributed by atoms with Crippen molar-refractivity contribution in [1.82, 2.24) is 9.97 Å². The molecule has 0 amide bonds. The maximum absolute atomic E-state index is 12.3. The third-order valence-electron chi connectivity index (χ3n) is 5.31. The third kappa shape index (κ3) is 2.22. The largest absolute Gasteiger partial charge is 0.370 e. The van der Waals surface area contributed by atoms with Crippen LogP contribution in [0.5, 0.6) is 0 Å². The quantitative estimate of drug-likeness (QED) is 0.926. The molecule has 2 aliphatic rings. The van der Waals surface area contributed by atoms with Crippen molar-refractivity contribution in [2.45, 2.75) is 25.7 Å². The standard InChI is InChI=1S/C18H18N4O/c1-2-12-9-13-15(11-20-12)21-17(23)14(10-19)16(13)22-7-5-18(3-4-18)6-8-22/h2,9,11H,1,3-8H2,(H,21,23). The second kappa shape index (κ2) is 4.95. The summed E-state index contributed by atoms with van der Waals surface area (Å²) in [6, 6.07) is 3.99. The van der Waals surface area contributed by atoms with E-state index in [0.29, 0.717) is 10.9 Å². The highest BCUT2D eigenvalue weighted by Gasteiger charge is 2.44. The number of hydrogen-bond donors (Lipinski definition) is 1. The molecule has 0 atom stereocenters. The van der Waals surface area contributed by atoms with Crippen molar-refractivity contribution in [3.05, 3.63) is 40.5 Å². The lowest BCUT2D eigenvalue weighted by atomic mass is 9.92. The van der Waals surface area contributed by atoms with Crippen molar-refractivity contribution in [2.75, 3.05) is 18.0 Å². The molecule has 1 spiro atoms. The molecule has 2 fully saturated rings. The molecule has 0 radical (unpaired) electrons. The minimum absolute atomic E-state index is 0.199. The fourth-order valence-corrected chi connectivity index (χ4v) is 3.62. The van der Waals surface area contributed by atoms with Gasteiger partial charge in [0, 0.05) is 18.5 Å². The molecule has 0 bridgehead atoms. The molecule has 5 heteroatoms. The lowest BCUT2D eigenvalue weighted by Gasteiger charge is -2.34. The van der Waals surface area contributed by atoms with Crippen molar-refractivity contribution < 1.29 is 0 Å². The normalized spacial score (nSPS) is 18.8. The van der Waals surface area contributed by atoms with Gasteiger partial charge in [-0.05, 0) is 43.2 Å². The van der Waals surface area contributed by atoms with Crippen LogP contribution >= 0.6 is 0 Å². The highest BCUT2D eigenvalue weighted by molar-refractivity contribution is 5.95. The van der Waals surface area contributed by atoms with Gasteiger partial charge < -0.3 is 9.88 Å². The van der Waals surface area contributed by atoms with Crippen LogP contribution in [0.3, 0.4) is 0 Å². The minimum atomic E-state index is -0.338. The lowest BCUT2D eigenvalue weighted by Crippen LogP contribution is -2.36. The Morgan fingerprint density at radius 2 is 2.09 bits per heavy atom. The Kier molecular flexibility index (Phi) is 3.02. The van der Waals surface area contributed by atoms with E-state index in [1.807, 2.05) is 6.07 Å². The molecule has 23 heavy (non-hydrogen) atoms. The van der Waals surface area contributed by atoms with E-state index >= 15 is 0 Å². The zero-order valence-corrected chi connectivity index (χ0v) is 12.9. The van der Waals surface area contributed by atoms with Gasteiger partial charge in [-0.1, -0.05) is 6.58 Å². The SMILES string of the molecule is C=Cc1cc2c(N3CCC4(CC3)CC4)c(C#N)c(=O)[nH]c2cn1. The first-order chi connectivity index (χ1) is 11.2. The molecule has 1 aliphatic carbocycles. The lowest BCUT2D eigenvalue weighted by molar-refractivity contribution is 0.385. The van der Waals surface area contributed by atoms with Gasteiger partial charge in [-0.3, -0.25) is 9.78 Å². The monoisotopic (exact) mass is 306 g/mol. The fourth-order valence-electron chi connectivity index (χ4n) is 3.62. The van der Waals surface area contributed by atoms with Crippen LogP contribution < -0.4 is 10.5 Å². The number of rotatable bonds is 2. The second-order valence-corrected chi connectivity index (χ2v) is 6.64. The van der Waals surface area contributed by atoms with Crippen LogP contribution in [0.25, 0.3) is 17.0 Å². The van der Waals surface area contributed by atoms with Crippen LogP contribution in [-0.2, 0) is 0 Å². The number of nitrogens with zero attached hydrogens (tertiary/aromatic N) is 3. The smallest absolute Gasteiger partial charge is 0.268 e. The maximum Gasteiger partial charge on any atom is 0.268 e. The maximum atomic E-state index is 12.3. The van der Waals surface area contributed by atoms with Crippen LogP contribution in [-0.4, -0.2) is 23.1 Å². The molecule has 0 unspecified atom stereocenters. The van der Waals surface area contributed by atoms with Gasteiger partial charge in [-0.25, -0.2) is 0 Å². The van der Waals surface area contributed by atoms with Crippen molar-refractivity contribution in [1.29, 1.82) is 5.26 Å². The van der Waals surface area contributed by atoms with E-state index in [2.05, 4.69) is 27.5 Å². The molecule has 5 nitrogen and oxygen atoms in total. The number of anilines is 1. The first-order valence-electron chi connectivity index (χ1n) is 7.99.